The predicted molar refractivity (Wildman–Crippen MR) is 133 cm³/mol. The molecule has 0 saturated carbocycles. The fraction of sp³-hybridized carbons (Fsp3) is 0.214. The summed E-state index contributed by atoms with van der Waals surface area (Å²) in [4.78, 5) is 26.1. The highest BCUT2D eigenvalue weighted by Crippen LogP contribution is 2.35. The molecular weight excluding hydrogens is 444 g/mol. The van der Waals surface area contributed by atoms with Gasteiger partial charge < -0.3 is 24.8 Å². The number of rotatable bonds is 5. The first-order valence-electron chi connectivity index (χ1n) is 11.3. The minimum atomic E-state index is -0.321. The van der Waals surface area contributed by atoms with Crippen LogP contribution in [0.3, 0.4) is 0 Å². The molecule has 2 N–H and O–H groups in total. The topological polar surface area (TPSA) is 85.9 Å². The third kappa shape index (κ3) is 4.71. The number of fused-ring (bicyclic) bond motifs is 2. The molecule has 3 aromatic carbocycles. The maximum atomic E-state index is 13.2. The van der Waals surface area contributed by atoms with Crippen LogP contribution in [0.4, 0.5) is 5.69 Å². The molecular formula is C28H26N2O5. The molecule has 0 saturated heterocycles. The Morgan fingerprint density at radius 3 is 2.63 bits per heavy atom. The van der Waals surface area contributed by atoms with Gasteiger partial charge in [-0.2, -0.15) is 0 Å². The fourth-order valence-electron chi connectivity index (χ4n) is 4.36. The highest BCUT2D eigenvalue weighted by Gasteiger charge is 2.28. The maximum Gasteiger partial charge on any atom is 0.255 e. The van der Waals surface area contributed by atoms with Gasteiger partial charge in [0, 0.05) is 45.8 Å². The van der Waals surface area contributed by atoms with Crippen molar-refractivity contribution in [3.63, 3.8) is 0 Å². The smallest absolute Gasteiger partial charge is 0.255 e. The summed E-state index contributed by atoms with van der Waals surface area (Å²) in [5, 5.41) is 6.32. The molecule has 0 radical (unpaired) electrons. The molecule has 0 spiro atoms. The van der Waals surface area contributed by atoms with Gasteiger partial charge in [0.15, 0.2) is 17.3 Å². The van der Waals surface area contributed by atoms with Crippen molar-refractivity contribution in [1.82, 2.24) is 5.32 Å². The first-order chi connectivity index (χ1) is 16.8. The van der Waals surface area contributed by atoms with Crippen LogP contribution < -0.4 is 24.8 Å². The zero-order valence-electron chi connectivity index (χ0n) is 19.8. The number of carbonyl (C=O) groups excluding carboxylic acids is 2. The molecule has 7 nitrogen and oxygen atoms in total. The van der Waals surface area contributed by atoms with E-state index in [1.165, 1.54) is 0 Å². The molecule has 0 fully saturated rings. The summed E-state index contributed by atoms with van der Waals surface area (Å²) in [6, 6.07) is 17.8. The van der Waals surface area contributed by atoms with Crippen LogP contribution in [0.25, 0.3) is 5.70 Å². The number of methoxy groups -OCH3 is 1. The van der Waals surface area contributed by atoms with Crippen molar-refractivity contribution in [3.8, 4) is 17.2 Å². The van der Waals surface area contributed by atoms with Crippen LogP contribution in [0.5, 0.6) is 17.2 Å². The predicted octanol–water partition coefficient (Wildman–Crippen LogP) is 4.82. The molecule has 0 bridgehead atoms. The van der Waals surface area contributed by atoms with Gasteiger partial charge in [0.1, 0.15) is 5.75 Å². The van der Waals surface area contributed by atoms with E-state index in [1.807, 2.05) is 18.2 Å². The number of anilines is 1. The average Bonchev–Trinajstić information content (AvgIpc) is 3.31. The third-order valence-corrected chi connectivity index (χ3v) is 6.03. The molecule has 0 aliphatic carbocycles. The molecule has 5 rings (SSSR count). The summed E-state index contributed by atoms with van der Waals surface area (Å²) < 4.78 is 16.1. The van der Waals surface area contributed by atoms with Crippen molar-refractivity contribution in [2.24, 2.45) is 0 Å². The molecule has 2 heterocycles. The number of amides is 1. The average molecular weight is 471 g/mol. The Balaban J connectivity index is 1.39. The second kappa shape index (κ2) is 8.83. The summed E-state index contributed by atoms with van der Waals surface area (Å²) in [6.07, 6.45) is 2.42. The van der Waals surface area contributed by atoms with E-state index in [1.54, 1.807) is 55.7 Å². The van der Waals surface area contributed by atoms with E-state index in [0.29, 0.717) is 28.3 Å². The lowest BCUT2D eigenvalue weighted by molar-refractivity contribution is 0.102. The van der Waals surface area contributed by atoms with E-state index in [-0.39, 0.29) is 24.0 Å². The summed E-state index contributed by atoms with van der Waals surface area (Å²) in [5.74, 6) is 1.43. The molecule has 0 unspecified atom stereocenters. The van der Waals surface area contributed by atoms with E-state index in [0.717, 1.165) is 29.0 Å². The molecule has 3 aromatic rings. The molecule has 2 aliphatic heterocycles. The van der Waals surface area contributed by atoms with Crippen LogP contribution in [-0.4, -0.2) is 31.1 Å². The van der Waals surface area contributed by atoms with Crippen molar-refractivity contribution >= 4 is 23.1 Å². The Kier molecular flexibility index (Phi) is 5.68. The lowest BCUT2D eigenvalue weighted by atomic mass is 9.85. The quantitative estimate of drug-likeness (QED) is 0.411. The summed E-state index contributed by atoms with van der Waals surface area (Å²) in [7, 11) is 1.62. The van der Waals surface area contributed by atoms with Crippen molar-refractivity contribution in [2.75, 3.05) is 19.2 Å². The van der Waals surface area contributed by atoms with Gasteiger partial charge in [0.2, 0.25) is 6.79 Å². The van der Waals surface area contributed by atoms with E-state index in [9.17, 15) is 9.59 Å². The van der Waals surface area contributed by atoms with Gasteiger partial charge >= 0.3 is 0 Å². The zero-order chi connectivity index (χ0) is 24.6. The lowest BCUT2D eigenvalue weighted by Crippen LogP contribution is -2.43. The Bertz CT molecular complexity index is 1360. The number of carbonyl (C=O) groups is 2. The SMILES string of the molecule is COc1ccc2c(c1)C(=CC(=O)c1cccc(C(=O)Nc3ccc4c(c3)OCO4)c1)NC(C)(C)C2. The van der Waals surface area contributed by atoms with E-state index < -0.39 is 0 Å². The summed E-state index contributed by atoms with van der Waals surface area (Å²) in [6.45, 7) is 4.36. The molecule has 7 heteroatoms. The van der Waals surface area contributed by atoms with Crippen LogP contribution in [0.2, 0.25) is 0 Å². The monoisotopic (exact) mass is 470 g/mol. The summed E-state index contributed by atoms with van der Waals surface area (Å²) >= 11 is 0. The standard InChI is InChI=1S/C28H26N2O5/c1-28(2)15-19-7-9-21(33-3)13-22(19)23(30-28)14-24(31)17-5-4-6-18(11-17)27(32)29-20-8-10-25-26(12-20)35-16-34-25/h4-14,30H,15-16H2,1-3H3,(H,29,32). The zero-order valence-corrected chi connectivity index (χ0v) is 19.8. The van der Waals surface area contributed by atoms with Gasteiger partial charge in [-0.05, 0) is 62.2 Å². The van der Waals surface area contributed by atoms with Gasteiger partial charge in [-0.15, -0.1) is 0 Å². The van der Waals surface area contributed by atoms with Crippen LogP contribution in [0.15, 0.2) is 66.7 Å². The van der Waals surface area contributed by atoms with Crippen LogP contribution in [0, 0.1) is 0 Å². The van der Waals surface area contributed by atoms with Crippen molar-refractivity contribution in [3.05, 3.63) is 89.0 Å². The Hall–Kier alpha value is -4.26. The number of ketones is 1. The first-order valence-corrected chi connectivity index (χ1v) is 11.3. The Labute approximate surface area is 203 Å². The number of hydrogen-bond acceptors (Lipinski definition) is 6. The second-order valence-corrected chi connectivity index (χ2v) is 9.23. The number of hydrogen-bond donors (Lipinski definition) is 2. The number of allylic oxidation sites excluding steroid dienone is 1. The third-order valence-electron chi connectivity index (χ3n) is 6.03. The molecule has 1 amide bonds. The van der Waals surface area contributed by atoms with Gasteiger partial charge in [0.05, 0.1) is 7.11 Å². The van der Waals surface area contributed by atoms with E-state index >= 15 is 0 Å². The maximum absolute atomic E-state index is 13.2. The molecule has 0 atom stereocenters. The first kappa shape index (κ1) is 22.5. The highest BCUT2D eigenvalue weighted by molar-refractivity contribution is 6.11. The highest BCUT2D eigenvalue weighted by atomic mass is 16.7. The van der Waals surface area contributed by atoms with Crippen LogP contribution in [0.1, 0.15) is 45.7 Å². The van der Waals surface area contributed by atoms with Crippen molar-refractivity contribution < 1.29 is 23.8 Å². The fourth-order valence-corrected chi connectivity index (χ4v) is 4.36. The van der Waals surface area contributed by atoms with Gasteiger partial charge in [-0.1, -0.05) is 18.2 Å². The van der Waals surface area contributed by atoms with Gasteiger partial charge in [-0.25, -0.2) is 0 Å². The van der Waals surface area contributed by atoms with Crippen molar-refractivity contribution in [2.45, 2.75) is 25.8 Å². The second-order valence-electron chi connectivity index (χ2n) is 9.23. The van der Waals surface area contributed by atoms with Crippen LogP contribution >= 0.6 is 0 Å². The van der Waals surface area contributed by atoms with Crippen LogP contribution in [-0.2, 0) is 6.42 Å². The van der Waals surface area contributed by atoms with Gasteiger partial charge in [-0.3, -0.25) is 9.59 Å². The normalized spacial score (nSPS) is 16.3. The minimum Gasteiger partial charge on any atom is -0.497 e. The summed E-state index contributed by atoms with van der Waals surface area (Å²) in [5.41, 5.74) is 3.99. The largest absolute Gasteiger partial charge is 0.497 e. The Morgan fingerprint density at radius 1 is 1.00 bits per heavy atom. The lowest BCUT2D eigenvalue weighted by Gasteiger charge is -2.35. The minimum absolute atomic E-state index is 0.162. The molecule has 0 aromatic heterocycles. The number of nitrogens with one attached hydrogen (secondary N) is 2. The van der Waals surface area contributed by atoms with E-state index in [4.69, 9.17) is 14.2 Å². The van der Waals surface area contributed by atoms with Crippen molar-refractivity contribution in [1.29, 1.82) is 0 Å². The van der Waals surface area contributed by atoms with E-state index in [2.05, 4.69) is 24.5 Å². The molecule has 35 heavy (non-hydrogen) atoms. The molecule has 178 valence electrons. The Morgan fingerprint density at radius 2 is 1.80 bits per heavy atom. The van der Waals surface area contributed by atoms with Gasteiger partial charge in [0.25, 0.3) is 5.91 Å². The number of benzene rings is 3. The molecule has 2 aliphatic rings. The number of ether oxygens (including phenoxy) is 3.